The minimum absolute atomic E-state index is 0.297. The van der Waals surface area contributed by atoms with E-state index in [0.29, 0.717) is 30.4 Å². The summed E-state index contributed by atoms with van der Waals surface area (Å²) < 4.78 is 12.4. The van der Waals surface area contributed by atoms with E-state index in [2.05, 4.69) is 0 Å². The van der Waals surface area contributed by atoms with Crippen LogP contribution in [0.4, 0.5) is 0 Å². The van der Waals surface area contributed by atoms with Gasteiger partial charge in [0.25, 0.3) is 11.8 Å². The van der Waals surface area contributed by atoms with Gasteiger partial charge in [0.2, 0.25) is 0 Å². The molecule has 0 spiro atoms. The van der Waals surface area contributed by atoms with Crippen molar-refractivity contribution in [3.8, 4) is 0 Å². The lowest BCUT2D eigenvalue weighted by atomic mass is 9.59. The highest BCUT2D eigenvalue weighted by Crippen LogP contribution is 2.56. The van der Waals surface area contributed by atoms with E-state index < -0.39 is 29.5 Å². The minimum atomic E-state index is -0.894. The third-order valence-electron chi connectivity index (χ3n) is 8.15. The molecule has 2 fully saturated rings. The molecule has 7 heteroatoms. The molecule has 0 bridgehead atoms. The number of benzene rings is 2. The van der Waals surface area contributed by atoms with E-state index in [4.69, 9.17) is 9.31 Å². The fraction of sp³-hybridized carbons (Fsp3) is 0.481. The molecule has 34 heavy (non-hydrogen) atoms. The van der Waals surface area contributed by atoms with Crippen LogP contribution in [-0.2, 0) is 14.8 Å². The van der Waals surface area contributed by atoms with Crippen LogP contribution >= 0.6 is 0 Å². The van der Waals surface area contributed by atoms with Crippen molar-refractivity contribution in [2.75, 3.05) is 0 Å². The van der Waals surface area contributed by atoms with E-state index >= 15 is 0 Å². The van der Waals surface area contributed by atoms with Crippen LogP contribution in [0.1, 0.15) is 86.6 Å². The Morgan fingerprint density at radius 1 is 0.882 bits per heavy atom. The molecule has 2 aliphatic heterocycles. The minimum Gasteiger partial charge on any atom is -0.399 e. The van der Waals surface area contributed by atoms with Crippen molar-refractivity contribution >= 4 is 24.4 Å². The summed E-state index contributed by atoms with van der Waals surface area (Å²) >= 11 is 0. The van der Waals surface area contributed by atoms with Gasteiger partial charge in [0.1, 0.15) is 0 Å². The topological polar surface area (TPSA) is 76.1 Å². The predicted octanol–water partition coefficient (Wildman–Crippen LogP) is 3.80. The van der Waals surface area contributed by atoms with Gasteiger partial charge >= 0.3 is 7.12 Å². The first-order chi connectivity index (χ1) is 15.9. The summed E-state index contributed by atoms with van der Waals surface area (Å²) in [6, 6.07) is 14.7. The molecule has 1 N–H and O–H groups in total. The molecule has 1 aliphatic carbocycles. The van der Waals surface area contributed by atoms with E-state index in [0.717, 1.165) is 17.4 Å². The van der Waals surface area contributed by atoms with Crippen molar-refractivity contribution in [2.45, 2.75) is 82.6 Å². The Hall–Kier alpha value is -2.48. The van der Waals surface area contributed by atoms with Crippen molar-refractivity contribution < 1.29 is 24.0 Å². The third kappa shape index (κ3) is 3.28. The van der Waals surface area contributed by atoms with Crippen LogP contribution in [0.5, 0.6) is 0 Å². The Balaban J connectivity index is 1.50. The summed E-state index contributed by atoms with van der Waals surface area (Å²) in [7, 11) is -0.493. The Kier molecular flexibility index (Phi) is 5.14. The summed E-state index contributed by atoms with van der Waals surface area (Å²) in [5.41, 5.74) is -0.102. The molecule has 2 heterocycles. The number of hydrogen-bond acceptors (Lipinski definition) is 5. The lowest BCUT2D eigenvalue weighted by Gasteiger charge is -2.57. The van der Waals surface area contributed by atoms with Crippen LogP contribution < -0.4 is 5.46 Å². The van der Waals surface area contributed by atoms with Crippen LogP contribution in [0.3, 0.4) is 0 Å². The molecule has 1 saturated heterocycles. The molecule has 2 aromatic carbocycles. The van der Waals surface area contributed by atoms with Gasteiger partial charge in [-0.05, 0) is 57.3 Å². The second-order valence-electron chi connectivity index (χ2n) is 11.1. The zero-order valence-electron chi connectivity index (χ0n) is 20.6. The van der Waals surface area contributed by atoms with Crippen LogP contribution in [0, 0.1) is 0 Å². The second-order valence-corrected chi connectivity index (χ2v) is 11.1. The van der Waals surface area contributed by atoms with Gasteiger partial charge in [0, 0.05) is 12.8 Å². The summed E-state index contributed by atoms with van der Waals surface area (Å²) in [5.74, 6) is -0.594. The maximum Gasteiger partial charge on any atom is 0.494 e. The summed E-state index contributed by atoms with van der Waals surface area (Å²) in [5, 5.41) is 11.1. The number of hydrogen-bond donors (Lipinski definition) is 1. The molecular formula is C27H32BNO5. The van der Waals surface area contributed by atoms with Gasteiger partial charge in [-0.15, -0.1) is 0 Å². The lowest BCUT2D eigenvalue weighted by molar-refractivity contribution is -0.135. The Morgan fingerprint density at radius 3 is 1.85 bits per heavy atom. The van der Waals surface area contributed by atoms with Gasteiger partial charge in [0.05, 0.1) is 33.5 Å². The number of nitrogens with zero attached hydrogens (tertiary/aromatic N) is 1. The average molecular weight is 461 g/mol. The summed E-state index contributed by atoms with van der Waals surface area (Å²) in [6.45, 7) is 10.1. The second kappa shape index (κ2) is 7.51. The monoisotopic (exact) mass is 461 g/mol. The van der Waals surface area contributed by atoms with Crippen LogP contribution in [0.25, 0.3) is 0 Å². The molecule has 178 valence electrons. The maximum absolute atomic E-state index is 13.4. The normalized spacial score (nSPS) is 29.4. The van der Waals surface area contributed by atoms with Crippen LogP contribution in [0.2, 0.25) is 0 Å². The molecule has 0 unspecified atom stereocenters. The number of fused-ring (bicyclic) bond motifs is 1. The van der Waals surface area contributed by atoms with Gasteiger partial charge in [-0.1, -0.05) is 49.7 Å². The van der Waals surface area contributed by atoms with Crippen LogP contribution in [-0.4, -0.2) is 45.7 Å². The first kappa shape index (κ1) is 23.3. The van der Waals surface area contributed by atoms with E-state index in [1.165, 1.54) is 4.90 Å². The molecule has 0 radical (unpaired) electrons. The SMILES string of the molecule is CCCC1(O)CC(c2ccc(B3OC(C)(C)C(C)(C)O3)cc2)(N2C(=O)c3ccccc3C2=O)C1. The molecule has 0 atom stereocenters. The molecule has 5 rings (SSSR count). The molecule has 1 saturated carbocycles. The molecular weight excluding hydrogens is 429 g/mol. The van der Waals surface area contributed by atoms with E-state index in [9.17, 15) is 14.7 Å². The number of carbonyl (C=O) groups is 2. The number of carbonyl (C=O) groups excluding carboxylic acids is 2. The molecule has 2 aromatic rings. The quantitative estimate of drug-likeness (QED) is 0.542. The number of imide groups is 1. The fourth-order valence-electron chi connectivity index (χ4n) is 5.68. The molecule has 3 aliphatic rings. The van der Waals surface area contributed by atoms with Gasteiger partial charge in [-0.2, -0.15) is 0 Å². The van der Waals surface area contributed by atoms with Crippen molar-refractivity contribution in [1.29, 1.82) is 0 Å². The molecule has 0 aromatic heterocycles. The van der Waals surface area contributed by atoms with Crippen molar-refractivity contribution in [3.05, 3.63) is 65.2 Å². The van der Waals surface area contributed by atoms with Gasteiger partial charge in [0.15, 0.2) is 0 Å². The van der Waals surface area contributed by atoms with Gasteiger partial charge in [-0.25, -0.2) is 0 Å². The van der Waals surface area contributed by atoms with Gasteiger partial charge in [-0.3, -0.25) is 14.5 Å². The Labute approximate surface area is 201 Å². The maximum atomic E-state index is 13.4. The predicted molar refractivity (Wildman–Crippen MR) is 130 cm³/mol. The largest absolute Gasteiger partial charge is 0.494 e. The lowest BCUT2D eigenvalue weighted by Crippen LogP contribution is -2.64. The number of aliphatic hydroxyl groups is 1. The first-order valence-corrected chi connectivity index (χ1v) is 12.1. The summed E-state index contributed by atoms with van der Waals surface area (Å²) in [4.78, 5) is 28.2. The van der Waals surface area contributed by atoms with E-state index in [1.54, 1.807) is 24.3 Å². The first-order valence-electron chi connectivity index (χ1n) is 12.1. The van der Waals surface area contributed by atoms with Crippen LogP contribution in [0.15, 0.2) is 48.5 Å². The summed E-state index contributed by atoms with van der Waals surface area (Å²) in [6.07, 6.45) is 2.11. The smallest absolute Gasteiger partial charge is 0.399 e. The van der Waals surface area contributed by atoms with Gasteiger partial charge < -0.3 is 14.4 Å². The standard InChI is InChI=1S/C27H32BNO5/c1-6-15-26(32)16-27(17-26,29-22(30)20-9-7-8-10-21(20)23(29)31)18-11-13-19(14-12-18)28-33-24(2,3)25(4,5)34-28/h7-14,32H,6,15-17H2,1-5H3. The zero-order chi connectivity index (χ0) is 24.5. The highest BCUT2D eigenvalue weighted by molar-refractivity contribution is 6.62. The van der Waals surface area contributed by atoms with Crippen molar-refractivity contribution in [1.82, 2.24) is 4.90 Å². The molecule has 2 amide bonds. The molecule has 6 nitrogen and oxygen atoms in total. The average Bonchev–Trinajstić information content (AvgIpc) is 3.15. The van der Waals surface area contributed by atoms with E-state index in [1.807, 2.05) is 58.9 Å². The number of amides is 2. The Bertz CT molecular complexity index is 1100. The van der Waals surface area contributed by atoms with E-state index in [-0.39, 0.29) is 11.8 Å². The number of rotatable bonds is 5. The fourth-order valence-corrected chi connectivity index (χ4v) is 5.68. The van der Waals surface area contributed by atoms with Crippen molar-refractivity contribution in [3.63, 3.8) is 0 Å². The highest BCUT2D eigenvalue weighted by Gasteiger charge is 2.62. The zero-order valence-corrected chi connectivity index (χ0v) is 20.6. The van der Waals surface area contributed by atoms with Crippen molar-refractivity contribution in [2.24, 2.45) is 0 Å². The highest BCUT2D eigenvalue weighted by atomic mass is 16.7. The third-order valence-corrected chi connectivity index (χ3v) is 8.15. The Morgan fingerprint density at radius 2 is 1.38 bits per heavy atom.